The predicted molar refractivity (Wildman–Crippen MR) is 60.4 cm³/mol. The first-order valence-corrected chi connectivity index (χ1v) is 4.97. The Balaban J connectivity index is 2.65. The number of nitrogens with two attached hydrogens (primary N) is 1. The molecule has 2 rings (SSSR count). The summed E-state index contributed by atoms with van der Waals surface area (Å²) in [4.78, 5) is 0. The zero-order valence-corrected chi connectivity index (χ0v) is 8.75. The summed E-state index contributed by atoms with van der Waals surface area (Å²) in [6.07, 6.45) is 3.14. The quantitative estimate of drug-likeness (QED) is 0.767. The number of rotatable bonds is 2. The van der Waals surface area contributed by atoms with Crippen molar-refractivity contribution in [1.29, 1.82) is 0 Å². The van der Waals surface area contributed by atoms with Gasteiger partial charge in [-0.3, -0.25) is 0 Å². The summed E-state index contributed by atoms with van der Waals surface area (Å²) in [6, 6.07) is 6.56. The summed E-state index contributed by atoms with van der Waals surface area (Å²) in [5, 5.41) is 1.34. The summed E-state index contributed by atoms with van der Waals surface area (Å²) >= 11 is 0. The topological polar surface area (TPSA) is 30.9 Å². The molecule has 74 valence electrons. The molecule has 0 amide bonds. The van der Waals surface area contributed by atoms with Gasteiger partial charge in [-0.25, -0.2) is 0 Å². The van der Waals surface area contributed by atoms with Crippen LogP contribution in [0.1, 0.15) is 11.1 Å². The normalized spacial score (nSPS) is 11.1. The minimum absolute atomic E-state index is 0.715. The second kappa shape index (κ2) is 3.46. The zero-order chi connectivity index (χ0) is 10.1. The average molecular weight is 188 g/mol. The Labute approximate surface area is 84.3 Å². The zero-order valence-electron chi connectivity index (χ0n) is 8.75. The predicted octanol–water partition coefficient (Wildman–Crippen LogP) is 1.99. The van der Waals surface area contributed by atoms with Gasteiger partial charge in [-0.2, -0.15) is 0 Å². The van der Waals surface area contributed by atoms with E-state index in [9.17, 15) is 0 Å². The molecule has 2 nitrogen and oxygen atoms in total. The van der Waals surface area contributed by atoms with Crippen LogP contribution in [0.2, 0.25) is 0 Å². The number of nitrogens with zero attached hydrogens (tertiary/aromatic N) is 1. The lowest BCUT2D eigenvalue weighted by Gasteiger charge is -1.97. The van der Waals surface area contributed by atoms with Gasteiger partial charge in [0.05, 0.1) is 0 Å². The van der Waals surface area contributed by atoms with Gasteiger partial charge in [0, 0.05) is 24.1 Å². The Kier molecular flexibility index (Phi) is 2.30. The Hall–Kier alpha value is -1.28. The van der Waals surface area contributed by atoms with E-state index in [2.05, 4.69) is 42.9 Å². The number of hydrogen-bond acceptors (Lipinski definition) is 1. The fraction of sp³-hybridized carbons (Fsp3) is 0.333. The third-order valence-electron chi connectivity index (χ3n) is 2.64. The summed E-state index contributed by atoms with van der Waals surface area (Å²) in [7, 11) is 2.09. The van der Waals surface area contributed by atoms with Gasteiger partial charge in [0.15, 0.2) is 0 Å². The summed E-state index contributed by atoms with van der Waals surface area (Å²) in [6.45, 7) is 2.84. The van der Waals surface area contributed by atoms with E-state index < -0.39 is 0 Å². The second-order valence-electron chi connectivity index (χ2n) is 3.82. The molecule has 0 aliphatic rings. The molecule has 0 saturated carbocycles. The molecule has 0 unspecified atom stereocenters. The molecule has 0 aliphatic heterocycles. The molecule has 0 fully saturated rings. The van der Waals surface area contributed by atoms with Crippen LogP contribution in [-0.4, -0.2) is 11.1 Å². The van der Waals surface area contributed by atoms with E-state index in [4.69, 9.17) is 5.73 Å². The van der Waals surface area contributed by atoms with Crippen LogP contribution < -0.4 is 5.73 Å². The molecule has 0 aliphatic carbocycles. The van der Waals surface area contributed by atoms with Gasteiger partial charge < -0.3 is 10.3 Å². The Morgan fingerprint density at radius 1 is 1.36 bits per heavy atom. The van der Waals surface area contributed by atoms with Crippen LogP contribution >= 0.6 is 0 Å². The third-order valence-corrected chi connectivity index (χ3v) is 2.64. The van der Waals surface area contributed by atoms with Crippen LogP contribution in [0.25, 0.3) is 10.9 Å². The van der Waals surface area contributed by atoms with E-state index in [-0.39, 0.29) is 0 Å². The molecular formula is C12H16N2. The molecule has 0 bridgehead atoms. The van der Waals surface area contributed by atoms with E-state index in [1.165, 1.54) is 22.0 Å². The lowest BCUT2D eigenvalue weighted by Crippen LogP contribution is -2.01. The first-order valence-electron chi connectivity index (χ1n) is 4.97. The molecule has 0 atom stereocenters. The fourth-order valence-electron chi connectivity index (χ4n) is 1.93. The van der Waals surface area contributed by atoms with Crippen LogP contribution in [0, 0.1) is 6.92 Å². The van der Waals surface area contributed by atoms with E-state index in [1.807, 2.05) is 0 Å². The number of benzene rings is 1. The first-order chi connectivity index (χ1) is 6.72. The smallest absolute Gasteiger partial charge is 0.0483 e. The van der Waals surface area contributed by atoms with Crippen LogP contribution in [-0.2, 0) is 13.5 Å². The number of hydrogen-bond donors (Lipinski definition) is 1. The molecule has 1 aromatic carbocycles. The standard InChI is InChI=1S/C12H16N2/c1-9-3-4-11-10(5-6-13)8-14(2)12(11)7-9/h3-4,7-8H,5-6,13H2,1-2H3. The maximum Gasteiger partial charge on any atom is 0.0483 e. The molecule has 1 heterocycles. The highest BCUT2D eigenvalue weighted by atomic mass is 14.9. The molecular weight excluding hydrogens is 172 g/mol. The molecule has 0 spiro atoms. The number of aromatic nitrogens is 1. The summed E-state index contributed by atoms with van der Waals surface area (Å²) < 4.78 is 2.17. The summed E-state index contributed by atoms with van der Waals surface area (Å²) in [5.74, 6) is 0. The van der Waals surface area contributed by atoms with E-state index in [0.717, 1.165) is 6.42 Å². The first kappa shape index (κ1) is 9.28. The maximum absolute atomic E-state index is 5.58. The van der Waals surface area contributed by atoms with Gasteiger partial charge >= 0.3 is 0 Å². The van der Waals surface area contributed by atoms with E-state index in [1.54, 1.807) is 0 Å². The van der Waals surface area contributed by atoms with Gasteiger partial charge in [0.25, 0.3) is 0 Å². The summed E-state index contributed by atoms with van der Waals surface area (Å²) in [5.41, 5.74) is 9.54. The van der Waals surface area contributed by atoms with Crippen molar-refractivity contribution < 1.29 is 0 Å². The van der Waals surface area contributed by atoms with Crippen molar-refractivity contribution in [2.24, 2.45) is 12.8 Å². The average Bonchev–Trinajstić information content (AvgIpc) is 2.44. The van der Waals surface area contributed by atoms with E-state index in [0.29, 0.717) is 6.54 Å². The SMILES string of the molecule is Cc1ccc2c(CCN)cn(C)c2c1. The fourth-order valence-corrected chi connectivity index (χ4v) is 1.93. The van der Waals surface area contributed by atoms with Crippen molar-refractivity contribution in [3.05, 3.63) is 35.5 Å². The third kappa shape index (κ3) is 1.42. The van der Waals surface area contributed by atoms with Crippen molar-refractivity contribution >= 4 is 10.9 Å². The number of aryl methyl sites for hydroxylation is 2. The molecule has 2 N–H and O–H groups in total. The van der Waals surface area contributed by atoms with Crippen molar-refractivity contribution in [3.63, 3.8) is 0 Å². The lowest BCUT2D eigenvalue weighted by molar-refractivity contribution is 0.929. The van der Waals surface area contributed by atoms with Crippen molar-refractivity contribution in [2.45, 2.75) is 13.3 Å². The van der Waals surface area contributed by atoms with Crippen LogP contribution in [0.4, 0.5) is 0 Å². The Bertz CT molecular complexity index is 455. The van der Waals surface area contributed by atoms with E-state index >= 15 is 0 Å². The highest BCUT2D eigenvalue weighted by Crippen LogP contribution is 2.21. The highest BCUT2D eigenvalue weighted by Gasteiger charge is 2.04. The molecule has 0 saturated heterocycles. The van der Waals surface area contributed by atoms with Crippen molar-refractivity contribution in [1.82, 2.24) is 4.57 Å². The second-order valence-corrected chi connectivity index (χ2v) is 3.82. The van der Waals surface area contributed by atoms with Gasteiger partial charge in [0.2, 0.25) is 0 Å². The Morgan fingerprint density at radius 2 is 2.14 bits per heavy atom. The Morgan fingerprint density at radius 3 is 2.86 bits per heavy atom. The molecule has 2 aromatic rings. The number of fused-ring (bicyclic) bond motifs is 1. The molecule has 0 radical (unpaired) electrons. The monoisotopic (exact) mass is 188 g/mol. The molecule has 14 heavy (non-hydrogen) atoms. The minimum atomic E-state index is 0.715. The molecule has 1 aromatic heterocycles. The van der Waals surface area contributed by atoms with Gasteiger partial charge in [-0.1, -0.05) is 12.1 Å². The maximum atomic E-state index is 5.58. The van der Waals surface area contributed by atoms with Gasteiger partial charge in [0.1, 0.15) is 0 Å². The lowest BCUT2D eigenvalue weighted by atomic mass is 10.1. The van der Waals surface area contributed by atoms with Crippen molar-refractivity contribution in [3.8, 4) is 0 Å². The van der Waals surface area contributed by atoms with Gasteiger partial charge in [-0.05, 0) is 37.1 Å². The largest absolute Gasteiger partial charge is 0.350 e. The van der Waals surface area contributed by atoms with Crippen LogP contribution in [0.5, 0.6) is 0 Å². The minimum Gasteiger partial charge on any atom is -0.350 e. The van der Waals surface area contributed by atoms with Crippen LogP contribution in [0.3, 0.4) is 0 Å². The van der Waals surface area contributed by atoms with Crippen LogP contribution in [0.15, 0.2) is 24.4 Å². The van der Waals surface area contributed by atoms with Gasteiger partial charge in [-0.15, -0.1) is 0 Å². The molecule has 2 heteroatoms. The highest BCUT2D eigenvalue weighted by molar-refractivity contribution is 5.84. The van der Waals surface area contributed by atoms with Crippen molar-refractivity contribution in [2.75, 3.05) is 6.54 Å².